The molecule has 0 aliphatic carbocycles. The van der Waals surface area contributed by atoms with Crippen molar-refractivity contribution in [3.63, 3.8) is 0 Å². The van der Waals surface area contributed by atoms with Crippen LogP contribution < -0.4 is 15.4 Å². The zero-order chi connectivity index (χ0) is 17.9. The number of hydrogen-bond donors (Lipinski definition) is 2. The van der Waals surface area contributed by atoms with Crippen LogP contribution in [0.2, 0.25) is 0 Å². The van der Waals surface area contributed by atoms with Crippen LogP contribution in [0.25, 0.3) is 0 Å². The normalized spacial score (nSPS) is 18.1. The number of nitrogens with zero attached hydrogens (tertiary/aromatic N) is 1. The molecule has 1 aliphatic rings. The largest absolute Gasteiger partial charge is 0.489 e. The zero-order valence-electron chi connectivity index (χ0n) is 16.0. The Morgan fingerprint density at radius 1 is 1.38 bits per heavy atom. The smallest absolute Gasteiger partial charge is 0.191 e. The lowest BCUT2D eigenvalue weighted by atomic mass is 10.2. The van der Waals surface area contributed by atoms with E-state index < -0.39 is 0 Å². The van der Waals surface area contributed by atoms with E-state index in [1.54, 1.807) is 7.05 Å². The molecule has 0 bridgehead atoms. The molecule has 2 rings (SSSR count). The van der Waals surface area contributed by atoms with Crippen molar-refractivity contribution in [2.45, 2.75) is 38.9 Å². The maximum Gasteiger partial charge on any atom is 0.191 e. The quantitative estimate of drug-likeness (QED) is 0.248. The molecule has 148 valence electrons. The third-order valence-electron chi connectivity index (χ3n) is 3.96. The molecule has 1 aromatic carbocycles. The second-order valence-electron chi connectivity index (χ2n) is 6.33. The minimum Gasteiger partial charge on any atom is -0.489 e. The van der Waals surface area contributed by atoms with Crippen LogP contribution in [-0.2, 0) is 9.47 Å². The van der Waals surface area contributed by atoms with Crippen LogP contribution in [0.4, 0.5) is 0 Å². The Morgan fingerprint density at radius 2 is 2.23 bits per heavy atom. The zero-order valence-corrected chi connectivity index (χ0v) is 18.3. The maximum atomic E-state index is 5.91. The van der Waals surface area contributed by atoms with Crippen LogP contribution in [-0.4, -0.2) is 58.1 Å². The molecule has 0 aromatic heterocycles. The van der Waals surface area contributed by atoms with Crippen molar-refractivity contribution in [1.29, 1.82) is 0 Å². The van der Waals surface area contributed by atoms with Gasteiger partial charge in [0.25, 0.3) is 0 Å². The first-order valence-corrected chi connectivity index (χ1v) is 9.04. The van der Waals surface area contributed by atoms with Gasteiger partial charge in [0.05, 0.1) is 19.3 Å². The van der Waals surface area contributed by atoms with Gasteiger partial charge in [0, 0.05) is 26.8 Å². The monoisotopic (exact) mass is 477 g/mol. The van der Waals surface area contributed by atoms with Gasteiger partial charge in [-0.2, -0.15) is 0 Å². The summed E-state index contributed by atoms with van der Waals surface area (Å²) >= 11 is 0. The molecule has 2 N–H and O–H groups in total. The van der Waals surface area contributed by atoms with E-state index in [0.717, 1.165) is 50.9 Å². The van der Waals surface area contributed by atoms with Crippen LogP contribution >= 0.6 is 24.0 Å². The summed E-state index contributed by atoms with van der Waals surface area (Å²) in [4.78, 5) is 4.23. The summed E-state index contributed by atoms with van der Waals surface area (Å²) in [6.07, 6.45) is 2.27. The number of benzene rings is 1. The number of hydrogen-bond acceptors (Lipinski definition) is 4. The number of aryl methyl sites for hydroxylation is 1. The van der Waals surface area contributed by atoms with E-state index in [-0.39, 0.29) is 36.2 Å². The van der Waals surface area contributed by atoms with E-state index in [2.05, 4.69) is 28.6 Å². The molecule has 1 aliphatic heterocycles. The van der Waals surface area contributed by atoms with E-state index in [1.165, 1.54) is 5.56 Å². The van der Waals surface area contributed by atoms with Gasteiger partial charge >= 0.3 is 0 Å². The summed E-state index contributed by atoms with van der Waals surface area (Å²) in [5.41, 5.74) is 1.20. The van der Waals surface area contributed by atoms with Gasteiger partial charge in [-0.15, -0.1) is 24.0 Å². The summed E-state index contributed by atoms with van der Waals surface area (Å²) in [5.74, 6) is 1.68. The van der Waals surface area contributed by atoms with Crippen LogP contribution in [0, 0.1) is 6.92 Å². The highest BCUT2D eigenvalue weighted by molar-refractivity contribution is 14.0. The van der Waals surface area contributed by atoms with Crippen molar-refractivity contribution in [2.75, 3.05) is 40.0 Å². The first-order chi connectivity index (χ1) is 12.2. The number of guanidine groups is 1. The highest BCUT2D eigenvalue weighted by atomic mass is 127. The van der Waals surface area contributed by atoms with Gasteiger partial charge in [0.15, 0.2) is 5.96 Å². The molecular formula is C19H32IN3O3. The van der Waals surface area contributed by atoms with Gasteiger partial charge in [-0.05, 0) is 44.4 Å². The van der Waals surface area contributed by atoms with Crippen LogP contribution in [0.15, 0.2) is 29.3 Å². The Labute approximate surface area is 174 Å². The molecule has 7 heteroatoms. The third-order valence-corrected chi connectivity index (χ3v) is 3.96. The SMILES string of the molecule is CN=C(NCCCOC1CCOC1)NCC(C)Oc1cccc(C)c1.I. The Morgan fingerprint density at radius 3 is 2.92 bits per heavy atom. The molecule has 26 heavy (non-hydrogen) atoms. The van der Waals surface area contributed by atoms with Crippen molar-refractivity contribution >= 4 is 29.9 Å². The van der Waals surface area contributed by atoms with E-state index in [1.807, 2.05) is 25.1 Å². The van der Waals surface area contributed by atoms with E-state index in [4.69, 9.17) is 14.2 Å². The molecule has 6 nitrogen and oxygen atoms in total. The van der Waals surface area contributed by atoms with Crippen molar-refractivity contribution in [3.8, 4) is 5.75 Å². The van der Waals surface area contributed by atoms with Gasteiger partial charge in [-0.1, -0.05) is 12.1 Å². The molecular weight excluding hydrogens is 445 g/mol. The highest BCUT2D eigenvalue weighted by Gasteiger charge is 2.15. The number of rotatable bonds is 9. The van der Waals surface area contributed by atoms with Gasteiger partial charge < -0.3 is 24.8 Å². The molecule has 1 heterocycles. The fraction of sp³-hybridized carbons (Fsp3) is 0.632. The average Bonchev–Trinajstić information content (AvgIpc) is 3.10. The van der Waals surface area contributed by atoms with Gasteiger partial charge in [-0.3, -0.25) is 4.99 Å². The van der Waals surface area contributed by atoms with Crippen molar-refractivity contribution in [2.24, 2.45) is 4.99 Å². The van der Waals surface area contributed by atoms with Crippen LogP contribution in [0.3, 0.4) is 0 Å². The number of aliphatic imine (C=N–C) groups is 1. The molecule has 1 fully saturated rings. The molecule has 0 spiro atoms. The summed E-state index contributed by atoms with van der Waals surface area (Å²) in [6, 6.07) is 8.08. The van der Waals surface area contributed by atoms with Crippen molar-refractivity contribution in [3.05, 3.63) is 29.8 Å². The maximum absolute atomic E-state index is 5.91. The van der Waals surface area contributed by atoms with Crippen LogP contribution in [0.5, 0.6) is 5.75 Å². The second-order valence-corrected chi connectivity index (χ2v) is 6.33. The Kier molecular flexibility index (Phi) is 11.6. The summed E-state index contributed by atoms with van der Waals surface area (Å²) < 4.78 is 17.0. The lowest BCUT2D eigenvalue weighted by Gasteiger charge is -2.18. The van der Waals surface area contributed by atoms with E-state index in [0.29, 0.717) is 6.54 Å². The Bertz CT molecular complexity index is 537. The predicted molar refractivity (Wildman–Crippen MR) is 116 cm³/mol. The summed E-state index contributed by atoms with van der Waals surface area (Å²) in [7, 11) is 1.77. The topological polar surface area (TPSA) is 64.1 Å². The highest BCUT2D eigenvalue weighted by Crippen LogP contribution is 2.13. The van der Waals surface area contributed by atoms with Crippen molar-refractivity contribution < 1.29 is 14.2 Å². The van der Waals surface area contributed by atoms with Gasteiger partial charge in [-0.25, -0.2) is 0 Å². The summed E-state index contributed by atoms with van der Waals surface area (Å²) in [5, 5.41) is 6.58. The number of ether oxygens (including phenoxy) is 3. The number of halogens is 1. The minimum absolute atomic E-state index is 0. The molecule has 0 saturated carbocycles. The van der Waals surface area contributed by atoms with E-state index in [9.17, 15) is 0 Å². The third kappa shape index (κ3) is 9.05. The second kappa shape index (κ2) is 13.2. The Balaban J connectivity index is 0.00000338. The minimum atomic E-state index is 0. The first kappa shape index (κ1) is 23.0. The van der Waals surface area contributed by atoms with Crippen LogP contribution in [0.1, 0.15) is 25.3 Å². The van der Waals surface area contributed by atoms with Gasteiger partial charge in [0.1, 0.15) is 11.9 Å². The molecule has 1 saturated heterocycles. The molecule has 2 unspecified atom stereocenters. The Hall–Kier alpha value is -1.06. The molecule has 2 atom stereocenters. The molecule has 0 amide bonds. The molecule has 1 aromatic rings. The fourth-order valence-corrected chi connectivity index (χ4v) is 2.60. The lowest BCUT2D eigenvalue weighted by Crippen LogP contribution is -2.42. The van der Waals surface area contributed by atoms with Gasteiger partial charge in [0.2, 0.25) is 0 Å². The predicted octanol–water partition coefficient (Wildman–Crippen LogP) is 2.74. The number of nitrogens with one attached hydrogen (secondary N) is 2. The van der Waals surface area contributed by atoms with E-state index >= 15 is 0 Å². The lowest BCUT2D eigenvalue weighted by molar-refractivity contribution is 0.0420. The molecule has 0 radical (unpaired) electrons. The first-order valence-electron chi connectivity index (χ1n) is 9.04. The fourth-order valence-electron chi connectivity index (χ4n) is 2.60. The average molecular weight is 477 g/mol. The summed E-state index contributed by atoms with van der Waals surface area (Å²) in [6.45, 7) is 7.90. The van der Waals surface area contributed by atoms with Crippen molar-refractivity contribution in [1.82, 2.24) is 10.6 Å². The standard InChI is InChI=1S/C19H31N3O3.HI/c1-15-6-4-7-17(12-15)25-16(2)13-22-19(20-3)21-9-5-10-24-18-8-11-23-14-18;/h4,6-7,12,16,18H,5,8-11,13-14H2,1-3H3,(H2,20,21,22);1H.